The molecule has 0 aromatic carbocycles. The maximum atomic E-state index is 3.47. The van der Waals surface area contributed by atoms with Crippen molar-refractivity contribution in [1.82, 2.24) is 0 Å². The van der Waals surface area contributed by atoms with Crippen LogP contribution in [-0.2, 0) is 32.7 Å². The zero-order chi connectivity index (χ0) is 5.54. The molecule has 2 nitrogen and oxygen atoms in total. The predicted molar refractivity (Wildman–Crippen MR) is 30.8 cm³/mol. The van der Waals surface area contributed by atoms with Crippen molar-refractivity contribution in [3.8, 4) is 0 Å². The standard InChI is InChI=1S/C5H8N2.Y/c1-3-5-7-6-4-2;/h3H2,1-2H3;/q-2;. The van der Waals surface area contributed by atoms with Crippen LogP contribution in [0, 0.1) is 0 Å². The summed E-state index contributed by atoms with van der Waals surface area (Å²) >= 11 is 0. The Morgan fingerprint density at radius 3 is 2.38 bits per heavy atom. The molecule has 0 rings (SSSR count). The molecule has 0 aliphatic rings. The molecule has 0 aromatic rings. The minimum absolute atomic E-state index is 0. The third kappa shape index (κ3) is 9.67. The van der Waals surface area contributed by atoms with E-state index in [1.165, 1.54) is 0 Å². The van der Waals surface area contributed by atoms with Crippen LogP contribution in [0.2, 0.25) is 0 Å². The fraction of sp³-hybridized carbons (Fsp3) is 0.600. The summed E-state index contributed by atoms with van der Waals surface area (Å²) in [5.41, 5.74) is 0. The van der Waals surface area contributed by atoms with Gasteiger partial charge in [-0.05, 0) is 0 Å². The molecule has 0 fully saturated rings. The van der Waals surface area contributed by atoms with Gasteiger partial charge in [-0.1, -0.05) is 6.92 Å². The van der Waals surface area contributed by atoms with E-state index in [0.29, 0.717) is 0 Å². The minimum Gasteiger partial charge on any atom is -0.414 e. The van der Waals surface area contributed by atoms with Gasteiger partial charge in [-0.2, -0.15) is 13.3 Å². The van der Waals surface area contributed by atoms with Crippen molar-refractivity contribution >= 4 is 12.4 Å². The van der Waals surface area contributed by atoms with Crippen LogP contribution in [0.5, 0.6) is 0 Å². The molecule has 0 aliphatic heterocycles. The molecule has 0 saturated carbocycles. The third-order valence-electron chi connectivity index (χ3n) is 0.379. The van der Waals surface area contributed by atoms with Crippen molar-refractivity contribution in [2.45, 2.75) is 20.3 Å². The minimum atomic E-state index is 0. The Kier molecular flexibility index (Phi) is 14.7. The largest absolute Gasteiger partial charge is 0.414 e. The zero-order valence-corrected chi connectivity index (χ0v) is 8.02. The van der Waals surface area contributed by atoms with Gasteiger partial charge in [0.1, 0.15) is 0 Å². The smallest absolute Gasteiger partial charge is 0 e. The van der Waals surface area contributed by atoms with Gasteiger partial charge in [0.25, 0.3) is 0 Å². The second kappa shape index (κ2) is 10.4. The average Bonchev–Trinajstić information content (AvgIpc) is 1.69. The van der Waals surface area contributed by atoms with Gasteiger partial charge in [0.05, 0.1) is 0 Å². The molecule has 1 radical (unpaired) electrons. The molecule has 3 heteroatoms. The van der Waals surface area contributed by atoms with Gasteiger partial charge in [0.2, 0.25) is 0 Å². The Bertz CT molecular complexity index is 78.5. The van der Waals surface area contributed by atoms with Crippen LogP contribution in [0.15, 0.2) is 10.2 Å². The third-order valence-corrected chi connectivity index (χ3v) is 0.379. The molecule has 0 unspecified atom stereocenters. The van der Waals surface area contributed by atoms with Gasteiger partial charge in [0, 0.05) is 32.7 Å². The SMILES string of the molecule is C[C-]=NN=[C-]CC.[Y]. The molecule has 0 aromatic heterocycles. The molecular formula is C5H8N2Y-2. The molecule has 0 aliphatic carbocycles. The van der Waals surface area contributed by atoms with Gasteiger partial charge < -0.3 is 22.6 Å². The van der Waals surface area contributed by atoms with Gasteiger partial charge in [-0.3, -0.25) is 0 Å². The van der Waals surface area contributed by atoms with Crippen molar-refractivity contribution in [2.24, 2.45) is 10.2 Å². The first kappa shape index (κ1) is 11.3. The molecule has 8 heavy (non-hydrogen) atoms. The van der Waals surface area contributed by atoms with Crippen LogP contribution < -0.4 is 0 Å². The maximum absolute atomic E-state index is 3.47. The summed E-state index contributed by atoms with van der Waals surface area (Å²) in [5, 5.41) is 6.90. The fourth-order valence-corrected chi connectivity index (χ4v) is 0.156. The summed E-state index contributed by atoms with van der Waals surface area (Å²) < 4.78 is 0. The van der Waals surface area contributed by atoms with E-state index in [9.17, 15) is 0 Å². The van der Waals surface area contributed by atoms with Crippen molar-refractivity contribution in [2.75, 3.05) is 0 Å². The fourth-order valence-electron chi connectivity index (χ4n) is 0.156. The number of nitrogens with zero attached hydrogens (tertiary/aromatic N) is 2. The Balaban J connectivity index is 0. The van der Waals surface area contributed by atoms with E-state index in [1.807, 2.05) is 6.92 Å². The molecule has 0 N–H and O–H groups in total. The van der Waals surface area contributed by atoms with E-state index >= 15 is 0 Å². The van der Waals surface area contributed by atoms with E-state index in [-0.39, 0.29) is 32.7 Å². The molecule has 0 bridgehead atoms. The topological polar surface area (TPSA) is 24.7 Å². The Morgan fingerprint density at radius 1 is 1.38 bits per heavy atom. The van der Waals surface area contributed by atoms with E-state index in [1.54, 1.807) is 6.92 Å². The Morgan fingerprint density at radius 2 is 2.00 bits per heavy atom. The summed E-state index contributed by atoms with van der Waals surface area (Å²) in [7, 11) is 0. The first-order valence-electron chi connectivity index (χ1n) is 2.21. The summed E-state index contributed by atoms with van der Waals surface area (Å²) in [6, 6.07) is 0. The first-order valence-corrected chi connectivity index (χ1v) is 2.21. The second-order valence-corrected chi connectivity index (χ2v) is 0.935. The van der Waals surface area contributed by atoms with Gasteiger partial charge in [-0.15, -0.1) is 0 Å². The number of hydrogen-bond donors (Lipinski definition) is 0. The van der Waals surface area contributed by atoms with Crippen molar-refractivity contribution < 1.29 is 32.7 Å². The first-order chi connectivity index (χ1) is 3.41. The second-order valence-electron chi connectivity index (χ2n) is 0.935. The van der Waals surface area contributed by atoms with Crippen LogP contribution in [-0.4, -0.2) is 12.4 Å². The Labute approximate surface area is 75.3 Å². The molecule has 0 heterocycles. The predicted octanol–water partition coefficient (Wildman–Crippen LogP) is 1.22. The van der Waals surface area contributed by atoms with Crippen LogP contribution in [0.3, 0.4) is 0 Å². The summed E-state index contributed by atoms with van der Waals surface area (Å²) in [5.74, 6) is 0. The molecule has 0 amide bonds. The summed E-state index contributed by atoms with van der Waals surface area (Å²) in [6.07, 6.45) is 5.95. The van der Waals surface area contributed by atoms with Crippen LogP contribution in [0.25, 0.3) is 0 Å². The quantitative estimate of drug-likeness (QED) is 0.351. The molecular weight excluding hydrogens is 177 g/mol. The van der Waals surface area contributed by atoms with Crippen molar-refractivity contribution in [3.05, 3.63) is 0 Å². The summed E-state index contributed by atoms with van der Waals surface area (Å²) in [6.45, 7) is 3.65. The van der Waals surface area contributed by atoms with E-state index < -0.39 is 0 Å². The van der Waals surface area contributed by atoms with E-state index in [4.69, 9.17) is 0 Å². The monoisotopic (exact) mass is 185 g/mol. The number of rotatable bonds is 2. The van der Waals surface area contributed by atoms with Gasteiger partial charge in [0.15, 0.2) is 0 Å². The van der Waals surface area contributed by atoms with Gasteiger partial charge >= 0.3 is 0 Å². The van der Waals surface area contributed by atoms with Crippen molar-refractivity contribution in [3.63, 3.8) is 0 Å². The van der Waals surface area contributed by atoms with Gasteiger partial charge in [-0.25, -0.2) is 0 Å². The zero-order valence-electron chi connectivity index (χ0n) is 5.18. The normalized spacial score (nSPS) is 10.2. The molecule has 0 spiro atoms. The van der Waals surface area contributed by atoms with Crippen LogP contribution in [0.4, 0.5) is 0 Å². The number of hydrogen-bond acceptors (Lipinski definition) is 2. The molecule has 0 atom stereocenters. The maximum Gasteiger partial charge on any atom is 0 e. The molecule has 43 valence electrons. The van der Waals surface area contributed by atoms with Crippen LogP contribution >= 0.6 is 0 Å². The van der Waals surface area contributed by atoms with E-state index in [2.05, 4.69) is 22.6 Å². The molecule has 0 saturated heterocycles. The van der Waals surface area contributed by atoms with Crippen LogP contribution in [0.1, 0.15) is 20.3 Å². The summed E-state index contributed by atoms with van der Waals surface area (Å²) in [4.78, 5) is 0. The van der Waals surface area contributed by atoms with E-state index in [0.717, 1.165) is 6.42 Å². The average molecular weight is 185 g/mol. The van der Waals surface area contributed by atoms with Crippen molar-refractivity contribution in [1.29, 1.82) is 0 Å². The Hall–Kier alpha value is 0.444.